The van der Waals surface area contributed by atoms with E-state index < -0.39 is 0 Å². The van der Waals surface area contributed by atoms with Crippen LogP contribution in [-0.2, 0) is 11.3 Å². The van der Waals surface area contributed by atoms with Gasteiger partial charge in [-0.1, -0.05) is 31.5 Å². The molecule has 1 fully saturated rings. The molecule has 0 aliphatic heterocycles. The Hall–Kier alpha value is -3.19. The van der Waals surface area contributed by atoms with Crippen LogP contribution in [0.5, 0.6) is 5.75 Å². The predicted molar refractivity (Wildman–Crippen MR) is 123 cm³/mol. The van der Waals surface area contributed by atoms with E-state index >= 15 is 0 Å². The molecule has 2 N–H and O–H groups in total. The van der Waals surface area contributed by atoms with E-state index in [1.165, 1.54) is 18.9 Å². The minimum Gasteiger partial charge on any atom is -0.492 e. The van der Waals surface area contributed by atoms with Gasteiger partial charge in [-0.05, 0) is 48.6 Å². The van der Waals surface area contributed by atoms with Gasteiger partial charge < -0.3 is 15.0 Å². The first-order valence-corrected chi connectivity index (χ1v) is 11.0. The minimum absolute atomic E-state index is 0.0364. The molecule has 1 aromatic carbocycles. The third-order valence-corrected chi connectivity index (χ3v) is 5.53. The SMILES string of the molecule is CC(C)C(=O)NCc1ccc(Cl)c(-c2nc(-c3ccc(OCC4CC4)cn3)cc(=O)[nH]2)c1. The van der Waals surface area contributed by atoms with E-state index in [1.807, 2.05) is 32.0 Å². The molecule has 2 aromatic heterocycles. The van der Waals surface area contributed by atoms with Gasteiger partial charge in [0.1, 0.15) is 11.6 Å². The second-order valence-electron chi connectivity index (χ2n) is 8.30. The molecule has 166 valence electrons. The molecule has 1 saturated carbocycles. The largest absolute Gasteiger partial charge is 0.492 e. The van der Waals surface area contributed by atoms with Crippen molar-refractivity contribution in [1.82, 2.24) is 20.3 Å². The van der Waals surface area contributed by atoms with Crippen molar-refractivity contribution < 1.29 is 9.53 Å². The summed E-state index contributed by atoms with van der Waals surface area (Å²) in [6.45, 7) is 4.74. The van der Waals surface area contributed by atoms with Crippen LogP contribution in [0.25, 0.3) is 22.8 Å². The molecule has 8 heteroatoms. The van der Waals surface area contributed by atoms with Crippen molar-refractivity contribution >= 4 is 17.5 Å². The molecule has 4 rings (SSSR count). The fourth-order valence-electron chi connectivity index (χ4n) is 3.09. The normalized spacial score (nSPS) is 13.2. The highest BCUT2D eigenvalue weighted by Gasteiger charge is 2.22. The summed E-state index contributed by atoms with van der Waals surface area (Å²) in [5, 5.41) is 3.32. The van der Waals surface area contributed by atoms with Gasteiger partial charge in [0, 0.05) is 24.1 Å². The quantitative estimate of drug-likeness (QED) is 0.533. The summed E-state index contributed by atoms with van der Waals surface area (Å²) in [6, 6.07) is 10.4. The molecule has 0 atom stereocenters. The zero-order valence-corrected chi connectivity index (χ0v) is 18.8. The standard InChI is InChI=1S/C24H25ClN4O3/c1-14(2)24(31)27-11-16-5-7-19(25)18(9-16)23-28-21(10-22(30)29-23)20-8-6-17(12-26-20)32-13-15-3-4-15/h5-10,12,14-15H,3-4,11,13H2,1-2H3,(H,27,31)(H,28,29,30). The first-order valence-electron chi connectivity index (χ1n) is 10.7. The van der Waals surface area contributed by atoms with Gasteiger partial charge in [-0.25, -0.2) is 4.98 Å². The van der Waals surface area contributed by atoms with Crippen molar-refractivity contribution in [2.24, 2.45) is 11.8 Å². The topological polar surface area (TPSA) is 97.0 Å². The Labute approximate surface area is 191 Å². The second-order valence-corrected chi connectivity index (χ2v) is 8.71. The maximum Gasteiger partial charge on any atom is 0.251 e. The number of benzene rings is 1. The van der Waals surface area contributed by atoms with E-state index in [0.717, 1.165) is 5.56 Å². The average molecular weight is 453 g/mol. The average Bonchev–Trinajstić information content (AvgIpc) is 3.61. The van der Waals surface area contributed by atoms with E-state index in [2.05, 4.69) is 20.3 Å². The number of carbonyl (C=O) groups is 1. The Balaban J connectivity index is 1.57. The van der Waals surface area contributed by atoms with Gasteiger partial charge in [-0.2, -0.15) is 0 Å². The molecular formula is C24H25ClN4O3. The number of nitrogens with zero attached hydrogens (tertiary/aromatic N) is 2. The Kier molecular flexibility index (Phi) is 6.55. The zero-order valence-electron chi connectivity index (χ0n) is 18.0. The van der Waals surface area contributed by atoms with Crippen LogP contribution >= 0.6 is 11.6 Å². The smallest absolute Gasteiger partial charge is 0.251 e. The highest BCUT2D eigenvalue weighted by Crippen LogP contribution is 2.30. The van der Waals surface area contributed by atoms with Crippen LogP contribution in [0.3, 0.4) is 0 Å². The molecular weight excluding hydrogens is 428 g/mol. The maximum absolute atomic E-state index is 12.3. The fourth-order valence-corrected chi connectivity index (χ4v) is 3.30. The molecule has 1 amide bonds. The molecule has 3 aromatic rings. The van der Waals surface area contributed by atoms with E-state index in [-0.39, 0.29) is 17.4 Å². The lowest BCUT2D eigenvalue weighted by Gasteiger charge is -2.11. The molecule has 2 heterocycles. The monoisotopic (exact) mass is 452 g/mol. The van der Waals surface area contributed by atoms with Crippen LogP contribution in [0.4, 0.5) is 0 Å². The first kappa shape index (κ1) is 22.0. The Bertz CT molecular complexity index is 1170. The molecule has 0 saturated heterocycles. The van der Waals surface area contributed by atoms with Crippen LogP contribution in [0.1, 0.15) is 32.3 Å². The number of aromatic nitrogens is 3. The van der Waals surface area contributed by atoms with E-state index in [4.69, 9.17) is 16.3 Å². The molecule has 1 aliphatic carbocycles. The summed E-state index contributed by atoms with van der Waals surface area (Å²) in [6.07, 6.45) is 4.09. The van der Waals surface area contributed by atoms with E-state index in [1.54, 1.807) is 18.3 Å². The third-order valence-electron chi connectivity index (χ3n) is 5.20. The number of halogens is 1. The number of amides is 1. The van der Waals surface area contributed by atoms with Gasteiger partial charge in [-0.3, -0.25) is 14.6 Å². The number of aromatic amines is 1. The Morgan fingerprint density at radius 3 is 2.72 bits per heavy atom. The van der Waals surface area contributed by atoms with Gasteiger partial charge in [-0.15, -0.1) is 0 Å². The number of ether oxygens (including phenoxy) is 1. The molecule has 0 bridgehead atoms. The predicted octanol–water partition coefficient (Wildman–Crippen LogP) is 4.21. The van der Waals surface area contributed by atoms with Gasteiger partial charge in [0.15, 0.2) is 0 Å². The number of hydrogen-bond donors (Lipinski definition) is 2. The summed E-state index contributed by atoms with van der Waals surface area (Å²) >= 11 is 6.40. The summed E-state index contributed by atoms with van der Waals surface area (Å²) in [5.41, 5.74) is 2.11. The third kappa shape index (κ3) is 5.53. The maximum atomic E-state index is 12.3. The van der Waals surface area contributed by atoms with Crippen molar-refractivity contribution in [2.45, 2.75) is 33.2 Å². The van der Waals surface area contributed by atoms with Crippen LogP contribution < -0.4 is 15.6 Å². The van der Waals surface area contributed by atoms with Crippen molar-refractivity contribution in [2.75, 3.05) is 6.61 Å². The minimum atomic E-state index is -0.310. The number of nitrogens with one attached hydrogen (secondary N) is 2. The number of pyridine rings is 1. The zero-order chi connectivity index (χ0) is 22.7. The van der Waals surface area contributed by atoms with Crippen molar-refractivity contribution in [1.29, 1.82) is 0 Å². The molecule has 0 unspecified atom stereocenters. The summed E-state index contributed by atoms with van der Waals surface area (Å²) in [5.74, 6) is 1.56. The highest BCUT2D eigenvalue weighted by atomic mass is 35.5. The Morgan fingerprint density at radius 2 is 2.03 bits per heavy atom. The van der Waals surface area contributed by atoms with Gasteiger partial charge in [0.05, 0.1) is 29.2 Å². The van der Waals surface area contributed by atoms with Gasteiger partial charge in [0.2, 0.25) is 5.91 Å². The fraction of sp³-hybridized carbons (Fsp3) is 0.333. The molecule has 1 aliphatic rings. The number of rotatable bonds is 8. The second kappa shape index (κ2) is 9.53. The van der Waals surface area contributed by atoms with E-state index in [9.17, 15) is 9.59 Å². The van der Waals surface area contributed by atoms with Crippen LogP contribution in [0, 0.1) is 11.8 Å². The lowest BCUT2D eigenvalue weighted by molar-refractivity contribution is -0.124. The van der Waals surface area contributed by atoms with Gasteiger partial charge in [0.25, 0.3) is 5.56 Å². The number of H-pyrrole nitrogens is 1. The van der Waals surface area contributed by atoms with Crippen molar-refractivity contribution in [3.05, 3.63) is 63.5 Å². The summed E-state index contributed by atoms with van der Waals surface area (Å²) < 4.78 is 5.72. The summed E-state index contributed by atoms with van der Waals surface area (Å²) in [4.78, 5) is 36.0. The first-order chi connectivity index (χ1) is 15.4. The van der Waals surface area contributed by atoms with Gasteiger partial charge >= 0.3 is 0 Å². The van der Waals surface area contributed by atoms with E-state index in [0.29, 0.717) is 52.6 Å². The van der Waals surface area contributed by atoms with Crippen LogP contribution in [0.15, 0.2) is 47.4 Å². The number of hydrogen-bond acceptors (Lipinski definition) is 5. The van der Waals surface area contributed by atoms with Crippen molar-refractivity contribution in [3.8, 4) is 28.5 Å². The molecule has 0 radical (unpaired) electrons. The summed E-state index contributed by atoms with van der Waals surface area (Å²) in [7, 11) is 0. The number of carbonyl (C=O) groups excluding carboxylic acids is 1. The molecule has 0 spiro atoms. The van der Waals surface area contributed by atoms with Crippen molar-refractivity contribution in [3.63, 3.8) is 0 Å². The van der Waals surface area contributed by atoms with Crippen LogP contribution in [-0.4, -0.2) is 27.5 Å². The molecule has 7 nitrogen and oxygen atoms in total. The highest BCUT2D eigenvalue weighted by molar-refractivity contribution is 6.33. The lowest BCUT2D eigenvalue weighted by atomic mass is 10.1. The Morgan fingerprint density at radius 1 is 1.22 bits per heavy atom. The lowest BCUT2D eigenvalue weighted by Crippen LogP contribution is -2.27. The molecule has 32 heavy (non-hydrogen) atoms. The van der Waals surface area contributed by atoms with Crippen LogP contribution in [0.2, 0.25) is 5.02 Å².